The summed E-state index contributed by atoms with van der Waals surface area (Å²) in [6.45, 7) is 2.40. The van der Waals surface area contributed by atoms with Crippen LogP contribution in [0, 0.1) is 0 Å². The second-order valence-corrected chi connectivity index (χ2v) is 6.94. The first-order valence-electron chi connectivity index (χ1n) is 9.27. The first kappa shape index (κ1) is 18.0. The molecule has 1 aliphatic rings. The second-order valence-electron chi connectivity index (χ2n) is 6.94. The normalized spacial score (nSPS) is 18.9. The summed E-state index contributed by atoms with van der Waals surface area (Å²) in [5.41, 5.74) is 2.43. The fraction of sp³-hybridized carbons (Fsp3) is 0.227. The topological polar surface area (TPSA) is 75.4 Å². The molecule has 6 heteroatoms. The molecule has 0 radical (unpaired) electrons. The van der Waals surface area contributed by atoms with Crippen molar-refractivity contribution in [3.05, 3.63) is 71.7 Å². The van der Waals surface area contributed by atoms with Crippen LogP contribution < -0.4 is 0 Å². The third-order valence-electron chi connectivity index (χ3n) is 5.18. The second kappa shape index (κ2) is 6.96. The van der Waals surface area contributed by atoms with Crippen molar-refractivity contribution in [3.63, 3.8) is 0 Å². The SMILES string of the molecule is CCCN1C(=O)C(=O)/C(=C(/O)c2ccncc2)C1c1cn(C)c2ccccc12. The Morgan fingerprint density at radius 2 is 1.86 bits per heavy atom. The third kappa shape index (κ3) is 2.69. The minimum Gasteiger partial charge on any atom is -0.507 e. The maximum absolute atomic E-state index is 12.9. The number of aromatic nitrogens is 2. The largest absolute Gasteiger partial charge is 0.507 e. The van der Waals surface area contributed by atoms with E-state index in [2.05, 4.69) is 4.98 Å². The standard InChI is InChI=1S/C22H21N3O3/c1-3-12-25-19(16-13-24(2)17-7-5-4-6-15(16)17)18(21(27)22(25)28)20(26)14-8-10-23-11-9-14/h4-11,13,19,26H,3,12H2,1-2H3/b20-18+. The fourth-order valence-corrected chi connectivity index (χ4v) is 3.93. The number of fused-ring (bicyclic) bond motifs is 1. The van der Waals surface area contributed by atoms with E-state index in [9.17, 15) is 14.7 Å². The van der Waals surface area contributed by atoms with Crippen molar-refractivity contribution < 1.29 is 14.7 Å². The Kier molecular flexibility index (Phi) is 4.47. The van der Waals surface area contributed by atoms with Crippen LogP contribution in [0.4, 0.5) is 0 Å². The number of aryl methyl sites for hydroxylation is 1. The number of nitrogens with zero attached hydrogens (tertiary/aromatic N) is 3. The minimum atomic E-state index is -0.652. The molecule has 1 unspecified atom stereocenters. The summed E-state index contributed by atoms with van der Waals surface area (Å²) in [6, 6.07) is 10.5. The average molecular weight is 375 g/mol. The van der Waals surface area contributed by atoms with Crippen molar-refractivity contribution in [1.29, 1.82) is 0 Å². The Balaban J connectivity index is 1.98. The molecule has 142 valence electrons. The van der Waals surface area contributed by atoms with Crippen LogP contribution in [0.5, 0.6) is 0 Å². The first-order chi connectivity index (χ1) is 13.5. The van der Waals surface area contributed by atoms with Crippen LogP contribution in [0.2, 0.25) is 0 Å². The highest BCUT2D eigenvalue weighted by atomic mass is 16.3. The quantitative estimate of drug-likeness (QED) is 0.431. The van der Waals surface area contributed by atoms with Gasteiger partial charge in [-0.1, -0.05) is 25.1 Å². The number of benzene rings is 1. The Morgan fingerprint density at radius 1 is 1.14 bits per heavy atom. The Morgan fingerprint density at radius 3 is 2.57 bits per heavy atom. The van der Waals surface area contributed by atoms with Gasteiger partial charge in [0.05, 0.1) is 11.6 Å². The molecule has 2 aromatic heterocycles. The summed E-state index contributed by atoms with van der Waals surface area (Å²) in [4.78, 5) is 31.2. The Hall–Kier alpha value is -3.41. The van der Waals surface area contributed by atoms with E-state index in [-0.39, 0.29) is 11.3 Å². The number of ketones is 1. The number of hydrogen-bond donors (Lipinski definition) is 1. The van der Waals surface area contributed by atoms with Crippen LogP contribution in [0.1, 0.15) is 30.5 Å². The summed E-state index contributed by atoms with van der Waals surface area (Å²) in [7, 11) is 1.93. The molecular weight excluding hydrogens is 354 g/mol. The third-order valence-corrected chi connectivity index (χ3v) is 5.18. The molecule has 1 amide bonds. The molecule has 3 aromatic rings. The van der Waals surface area contributed by atoms with Gasteiger partial charge in [-0.15, -0.1) is 0 Å². The Labute approximate surface area is 162 Å². The number of amides is 1. The van der Waals surface area contributed by atoms with Gasteiger partial charge in [-0.05, 0) is 24.6 Å². The van der Waals surface area contributed by atoms with Crippen LogP contribution >= 0.6 is 0 Å². The van der Waals surface area contributed by atoms with E-state index in [0.29, 0.717) is 18.5 Å². The number of aliphatic hydroxyl groups is 1. The summed E-state index contributed by atoms with van der Waals surface area (Å²) in [6.07, 6.45) is 5.74. The van der Waals surface area contributed by atoms with Gasteiger partial charge in [-0.2, -0.15) is 0 Å². The van der Waals surface area contributed by atoms with Crippen LogP contribution in [-0.2, 0) is 16.6 Å². The van der Waals surface area contributed by atoms with Crippen LogP contribution in [0.15, 0.2) is 60.6 Å². The van der Waals surface area contributed by atoms with Crippen molar-refractivity contribution in [3.8, 4) is 0 Å². The number of carbonyl (C=O) groups is 2. The number of para-hydroxylation sites is 1. The van der Waals surface area contributed by atoms with Gasteiger partial charge in [0.15, 0.2) is 0 Å². The predicted molar refractivity (Wildman–Crippen MR) is 106 cm³/mol. The lowest BCUT2D eigenvalue weighted by Gasteiger charge is -2.24. The highest BCUT2D eigenvalue weighted by Crippen LogP contribution is 2.42. The van der Waals surface area contributed by atoms with Gasteiger partial charge in [0.25, 0.3) is 11.7 Å². The minimum absolute atomic E-state index is 0.126. The van der Waals surface area contributed by atoms with Gasteiger partial charge in [0, 0.05) is 54.2 Å². The highest BCUT2D eigenvalue weighted by Gasteiger charge is 2.46. The van der Waals surface area contributed by atoms with Gasteiger partial charge >= 0.3 is 0 Å². The number of Topliss-reactive ketones (excluding diaryl/α,β-unsaturated/α-hetero) is 1. The van der Waals surface area contributed by atoms with Gasteiger partial charge in [0.1, 0.15) is 5.76 Å². The van der Waals surface area contributed by atoms with Crippen LogP contribution in [0.3, 0.4) is 0 Å². The molecule has 6 nitrogen and oxygen atoms in total. The van der Waals surface area contributed by atoms with Crippen molar-refractivity contribution >= 4 is 28.4 Å². The smallest absolute Gasteiger partial charge is 0.295 e. The van der Waals surface area contributed by atoms with Crippen molar-refractivity contribution in [2.45, 2.75) is 19.4 Å². The zero-order valence-electron chi connectivity index (χ0n) is 15.8. The van der Waals surface area contributed by atoms with E-state index in [1.54, 1.807) is 29.4 Å². The van der Waals surface area contributed by atoms with Crippen molar-refractivity contribution in [2.24, 2.45) is 7.05 Å². The van der Waals surface area contributed by atoms with Gasteiger partial charge < -0.3 is 14.6 Å². The molecule has 0 aliphatic carbocycles. The molecular formula is C22H21N3O3. The van der Waals surface area contributed by atoms with Crippen LogP contribution in [0.25, 0.3) is 16.7 Å². The molecule has 0 bridgehead atoms. The van der Waals surface area contributed by atoms with Gasteiger partial charge in [0.2, 0.25) is 0 Å². The molecule has 0 saturated carbocycles. The van der Waals surface area contributed by atoms with E-state index < -0.39 is 17.7 Å². The van der Waals surface area contributed by atoms with E-state index >= 15 is 0 Å². The monoisotopic (exact) mass is 375 g/mol. The average Bonchev–Trinajstić information content (AvgIpc) is 3.18. The molecule has 1 atom stereocenters. The fourth-order valence-electron chi connectivity index (χ4n) is 3.93. The van der Waals surface area contributed by atoms with E-state index in [0.717, 1.165) is 16.5 Å². The zero-order chi connectivity index (χ0) is 19.8. The van der Waals surface area contributed by atoms with Crippen molar-refractivity contribution in [1.82, 2.24) is 14.5 Å². The summed E-state index contributed by atoms with van der Waals surface area (Å²) >= 11 is 0. The lowest BCUT2D eigenvalue weighted by Crippen LogP contribution is -2.30. The van der Waals surface area contributed by atoms with E-state index in [1.807, 2.05) is 49.0 Å². The lowest BCUT2D eigenvalue weighted by atomic mass is 9.95. The molecule has 0 spiro atoms. The molecule has 3 heterocycles. The van der Waals surface area contributed by atoms with E-state index in [1.165, 1.54) is 0 Å². The lowest BCUT2D eigenvalue weighted by molar-refractivity contribution is -0.139. The van der Waals surface area contributed by atoms with Crippen molar-refractivity contribution in [2.75, 3.05) is 6.54 Å². The van der Waals surface area contributed by atoms with Gasteiger partial charge in [-0.25, -0.2) is 0 Å². The van der Waals surface area contributed by atoms with Crippen LogP contribution in [-0.4, -0.2) is 37.8 Å². The predicted octanol–water partition coefficient (Wildman–Crippen LogP) is 3.41. The maximum Gasteiger partial charge on any atom is 0.295 e. The molecule has 1 saturated heterocycles. The molecule has 1 N–H and O–H groups in total. The zero-order valence-corrected chi connectivity index (χ0v) is 15.8. The number of likely N-dealkylation sites (tertiary alicyclic amines) is 1. The van der Waals surface area contributed by atoms with E-state index in [4.69, 9.17) is 0 Å². The number of pyridine rings is 1. The highest BCUT2D eigenvalue weighted by molar-refractivity contribution is 6.46. The maximum atomic E-state index is 12.9. The number of rotatable bonds is 4. The molecule has 28 heavy (non-hydrogen) atoms. The molecule has 1 aromatic carbocycles. The molecule has 4 rings (SSSR count). The van der Waals surface area contributed by atoms with Gasteiger partial charge in [-0.3, -0.25) is 14.6 Å². The number of hydrogen-bond acceptors (Lipinski definition) is 4. The summed E-state index contributed by atoms with van der Waals surface area (Å²) in [5.74, 6) is -1.40. The number of carbonyl (C=O) groups excluding carboxylic acids is 2. The Bertz CT molecular complexity index is 1100. The molecule has 1 aliphatic heterocycles. The molecule has 1 fully saturated rings. The first-order valence-corrected chi connectivity index (χ1v) is 9.27. The summed E-state index contributed by atoms with van der Waals surface area (Å²) < 4.78 is 1.98. The summed E-state index contributed by atoms with van der Waals surface area (Å²) in [5, 5.41) is 11.9. The number of aliphatic hydroxyl groups excluding tert-OH is 1.